The lowest BCUT2D eigenvalue weighted by Crippen LogP contribution is -2.10. The number of rotatable bonds is 4. The molecule has 4 nitrogen and oxygen atoms in total. The van der Waals surface area contributed by atoms with Crippen molar-refractivity contribution in [1.82, 2.24) is 0 Å². The van der Waals surface area contributed by atoms with Gasteiger partial charge in [-0.25, -0.2) is 4.39 Å². The van der Waals surface area contributed by atoms with Crippen molar-refractivity contribution < 1.29 is 13.7 Å². The lowest BCUT2D eigenvalue weighted by atomic mass is 10.0. The van der Waals surface area contributed by atoms with Gasteiger partial charge in [0, 0.05) is 18.7 Å². The van der Waals surface area contributed by atoms with E-state index in [0.29, 0.717) is 18.5 Å². The molecule has 0 spiro atoms. The Morgan fingerprint density at radius 1 is 1.25 bits per heavy atom. The second kappa shape index (κ2) is 4.40. The second-order valence-electron chi connectivity index (χ2n) is 6.42. The smallest absolute Gasteiger partial charge is 0.327 e. The van der Waals surface area contributed by atoms with E-state index < -0.39 is 22.2 Å². The standard InChI is InChI=1S/C14H18F2N2O2/c1-13(2)11(14(13,3)4)7-17-10-6-8(15)5-9(16)12(10)18(19)20/h5-6,11,17H,7H2,1-4H3. The van der Waals surface area contributed by atoms with Gasteiger partial charge in [0.1, 0.15) is 11.5 Å². The van der Waals surface area contributed by atoms with Crippen molar-refractivity contribution in [2.75, 3.05) is 11.9 Å². The van der Waals surface area contributed by atoms with Crippen LogP contribution in [0.3, 0.4) is 0 Å². The van der Waals surface area contributed by atoms with Crippen molar-refractivity contribution in [3.05, 3.63) is 33.9 Å². The zero-order valence-corrected chi connectivity index (χ0v) is 12.0. The van der Waals surface area contributed by atoms with E-state index in [2.05, 4.69) is 33.0 Å². The van der Waals surface area contributed by atoms with Crippen LogP contribution < -0.4 is 5.32 Å². The van der Waals surface area contributed by atoms with Crippen LogP contribution in [0.15, 0.2) is 12.1 Å². The van der Waals surface area contributed by atoms with E-state index >= 15 is 0 Å². The Kier molecular flexibility index (Phi) is 3.23. The maximum Gasteiger partial charge on any atom is 0.327 e. The third-order valence-corrected chi connectivity index (χ3v) is 5.03. The fraction of sp³-hybridized carbons (Fsp3) is 0.571. The van der Waals surface area contributed by atoms with Gasteiger partial charge in [-0.05, 0) is 16.7 Å². The van der Waals surface area contributed by atoms with E-state index in [1.165, 1.54) is 0 Å². The molecular formula is C14H18F2N2O2. The summed E-state index contributed by atoms with van der Waals surface area (Å²) in [7, 11) is 0. The summed E-state index contributed by atoms with van der Waals surface area (Å²) in [5.41, 5.74) is -0.616. The molecule has 0 bridgehead atoms. The monoisotopic (exact) mass is 284 g/mol. The Hall–Kier alpha value is -1.72. The van der Waals surface area contributed by atoms with Gasteiger partial charge in [-0.1, -0.05) is 27.7 Å². The van der Waals surface area contributed by atoms with Crippen LogP contribution in [0.5, 0.6) is 0 Å². The van der Waals surface area contributed by atoms with Crippen LogP contribution in [-0.2, 0) is 0 Å². The average molecular weight is 284 g/mol. The summed E-state index contributed by atoms with van der Waals surface area (Å²) in [4.78, 5) is 10.0. The molecule has 0 unspecified atom stereocenters. The molecule has 0 aromatic heterocycles. The van der Waals surface area contributed by atoms with Crippen molar-refractivity contribution in [3.63, 3.8) is 0 Å². The molecular weight excluding hydrogens is 266 g/mol. The topological polar surface area (TPSA) is 55.2 Å². The first kappa shape index (κ1) is 14.7. The highest BCUT2D eigenvalue weighted by Crippen LogP contribution is 2.68. The van der Waals surface area contributed by atoms with Crippen molar-refractivity contribution in [2.24, 2.45) is 16.7 Å². The summed E-state index contributed by atoms with van der Waals surface area (Å²) in [5, 5.41) is 13.7. The molecule has 20 heavy (non-hydrogen) atoms. The van der Waals surface area contributed by atoms with E-state index in [1.807, 2.05) is 0 Å². The fourth-order valence-corrected chi connectivity index (χ4v) is 2.94. The summed E-state index contributed by atoms with van der Waals surface area (Å²) < 4.78 is 26.7. The van der Waals surface area contributed by atoms with Gasteiger partial charge in [-0.3, -0.25) is 10.1 Å². The Morgan fingerprint density at radius 2 is 1.80 bits per heavy atom. The van der Waals surface area contributed by atoms with Crippen LogP contribution >= 0.6 is 0 Å². The lowest BCUT2D eigenvalue weighted by molar-refractivity contribution is -0.386. The predicted molar refractivity (Wildman–Crippen MR) is 72.6 cm³/mol. The molecule has 1 aromatic carbocycles. The molecule has 0 atom stereocenters. The molecule has 1 fully saturated rings. The van der Waals surface area contributed by atoms with E-state index in [4.69, 9.17) is 0 Å². The number of halogens is 2. The Labute approximate surface area is 116 Å². The number of benzene rings is 1. The van der Waals surface area contributed by atoms with E-state index in [1.54, 1.807) is 0 Å². The molecule has 6 heteroatoms. The molecule has 1 N–H and O–H groups in total. The highest BCUT2D eigenvalue weighted by molar-refractivity contribution is 5.62. The van der Waals surface area contributed by atoms with Crippen molar-refractivity contribution in [3.8, 4) is 0 Å². The molecule has 2 rings (SSSR count). The van der Waals surface area contributed by atoms with Crippen molar-refractivity contribution >= 4 is 11.4 Å². The fourth-order valence-electron chi connectivity index (χ4n) is 2.94. The number of anilines is 1. The molecule has 0 aliphatic heterocycles. The van der Waals surface area contributed by atoms with Gasteiger partial charge in [-0.2, -0.15) is 4.39 Å². The zero-order chi connectivity index (χ0) is 15.3. The predicted octanol–water partition coefficient (Wildman–Crippen LogP) is 3.97. The lowest BCUT2D eigenvalue weighted by Gasteiger charge is -2.09. The Morgan fingerprint density at radius 3 is 2.25 bits per heavy atom. The van der Waals surface area contributed by atoms with Crippen molar-refractivity contribution in [2.45, 2.75) is 27.7 Å². The minimum atomic E-state index is -1.16. The molecule has 0 saturated heterocycles. The van der Waals surface area contributed by atoms with Gasteiger partial charge >= 0.3 is 5.69 Å². The third-order valence-electron chi connectivity index (χ3n) is 5.03. The number of nitro benzene ring substituents is 1. The zero-order valence-electron chi connectivity index (χ0n) is 12.0. The molecule has 1 saturated carbocycles. The van der Waals surface area contributed by atoms with Gasteiger partial charge < -0.3 is 5.32 Å². The van der Waals surface area contributed by atoms with Crippen LogP contribution in [0.25, 0.3) is 0 Å². The molecule has 1 aliphatic rings. The van der Waals surface area contributed by atoms with Gasteiger partial charge in [0.25, 0.3) is 0 Å². The van der Waals surface area contributed by atoms with Crippen LogP contribution in [-0.4, -0.2) is 11.5 Å². The first-order valence-electron chi connectivity index (χ1n) is 6.46. The first-order chi connectivity index (χ1) is 9.09. The van der Waals surface area contributed by atoms with Gasteiger partial charge in [0.15, 0.2) is 0 Å². The minimum absolute atomic E-state index is 0.0979. The molecule has 0 heterocycles. The van der Waals surface area contributed by atoms with E-state index in [0.717, 1.165) is 6.07 Å². The number of hydrogen-bond donors (Lipinski definition) is 1. The Bertz CT molecular complexity index is 557. The molecule has 110 valence electrons. The van der Waals surface area contributed by atoms with Crippen LogP contribution in [0.2, 0.25) is 0 Å². The summed E-state index contributed by atoms with van der Waals surface area (Å²) in [6, 6.07) is 1.48. The highest BCUT2D eigenvalue weighted by atomic mass is 19.1. The number of nitrogens with zero attached hydrogens (tertiary/aromatic N) is 1. The molecule has 0 radical (unpaired) electrons. The number of hydrogen-bond acceptors (Lipinski definition) is 3. The summed E-state index contributed by atoms with van der Waals surface area (Å²) >= 11 is 0. The van der Waals surface area contributed by atoms with Gasteiger partial charge in [0.2, 0.25) is 5.82 Å². The summed E-state index contributed by atoms with van der Waals surface area (Å²) in [5.74, 6) is -1.70. The van der Waals surface area contributed by atoms with Crippen LogP contribution in [0.4, 0.5) is 20.2 Å². The third kappa shape index (κ3) is 2.13. The van der Waals surface area contributed by atoms with Crippen LogP contribution in [0.1, 0.15) is 27.7 Å². The maximum absolute atomic E-state index is 13.5. The van der Waals surface area contributed by atoms with Gasteiger partial charge in [-0.15, -0.1) is 0 Å². The van der Waals surface area contributed by atoms with Crippen LogP contribution in [0, 0.1) is 38.5 Å². The molecule has 1 aliphatic carbocycles. The van der Waals surface area contributed by atoms with E-state index in [-0.39, 0.29) is 16.5 Å². The highest BCUT2D eigenvalue weighted by Gasteiger charge is 2.64. The SMILES string of the molecule is CC1(C)C(CNc2cc(F)cc(F)c2[N+](=O)[O-])C1(C)C. The van der Waals surface area contributed by atoms with Crippen molar-refractivity contribution in [1.29, 1.82) is 0 Å². The maximum atomic E-state index is 13.5. The molecule has 0 amide bonds. The second-order valence-corrected chi connectivity index (χ2v) is 6.42. The number of nitro groups is 1. The normalized spacial score (nSPS) is 19.7. The molecule has 1 aromatic rings. The Balaban J connectivity index is 2.21. The largest absolute Gasteiger partial charge is 0.379 e. The first-order valence-corrected chi connectivity index (χ1v) is 6.46. The summed E-state index contributed by atoms with van der Waals surface area (Å²) in [6.07, 6.45) is 0. The summed E-state index contributed by atoms with van der Waals surface area (Å²) in [6.45, 7) is 8.89. The quantitative estimate of drug-likeness (QED) is 0.672. The number of nitrogens with one attached hydrogen (secondary N) is 1. The minimum Gasteiger partial charge on any atom is -0.379 e. The van der Waals surface area contributed by atoms with Gasteiger partial charge in [0.05, 0.1) is 4.92 Å². The average Bonchev–Trinajstić information content (AvgIpc) is 2.64. The van der Waals surface area contributed by atoms with E-state index in [9.17, 15) is 18.9 Å².